The average molecular weight is 443 g/mol. The molecule has 0 bridgehead atoms. The summed E-state index contributed by atoms with van der Waals surface area (Å²) < 4.78 is 28.0. The van der Waals surface area contributed by atoms with Gasteiger partial charge in [0, 0.05) is 32.7 Å². The molecule has 1 aliphatic rings. The lowest BCUT2D eigenvalue weighted by molar-refractivity contribution is -0.135. The number of thioether (sulfide) groups is 1. The number of benzene rings is 1. The molecule has 2 amide bonds. The van der Waals surface area contributed by atoms with E-state index in [4.69, 9.17) is 0 Å². The molecule has 1 fully saturated rings. The molecule has 0 radical (unpaired) electrons. The van der Waals surface area contributed by atoms with Gasteiger partial charge >= 0.3 is 0 Å². The number of piperazine rings is 1. The highest BCUT2D eigenvalue weighted by molar-refractivity contribution is 7.98. The summed E-state index contributed by atoms with van der Waals surface area (Å²) in [6.45, 7) is 4.90. The van der Waals surface area contributed by atoms with Crippen molar-refractivity contribution in [1.29, 1.82) is 0 Å². The van der Waals surface area contributed by atoms with Crippen molar-refractivity contribution in [3.05, 3.63) is 30.3 Å². The highest BCUT2D eigenvalue weighted by atomic mass is 32.2. The summed E-state index contributed by atoms with van der Waals surface area (Å²) in [5.41, 5.74) is 0. The first-order valence-electron chi connectivity index (χ1n) is 9.71. The Kier molecular flexibility index (Phi) is 9.41. The minimum atomic E-state index is -3.78. The lowest BCUT2D eigenvalue weighted by Gasteiger charge is -2.36. The van der Waals surface area contributed by atoms with Crippen LogP contribution >= 0.6 is 11.8 Å². The van der Waals surface area contributed by atoms with Crippen molar-refractivity contribution >= 4 is 33.6 Å². The molecular formula is C19H30N4O4S2. The molecule has 29 heavy (non-hydrogen) atoms. The normalized spacial score (nSPS) is 16.4. The Hall–Kier alpha value is -1.62. The number of amides is 2. The van der Waals surface area contributed by atoms with Gasteiger partial charge in [-0.1, -0.05) is 18.2 Å². The van der Waals surface area contributed by atoms with E-state index < -0.39 is 16.1 Å². The largest absolute Gasteiger partial charge is 0.355 e. The van der Waals surface area contributed by atoms with Gasteiger partial charge in [0.05, 0.1) is 11.4 Å². The van der Waals surface area contributed by atoms with Crippen molar-refractivity contribution in [3.63, 3.8) is 0 Å². The molecule has 10 heteroatoms. The number of carbonyl (C=O) groups is 2. The highest BCUT2D eigenvalue weighted by Gasteiger charge is 2.31. The number of likely N-dealkylation sites (N-methyl/N-ethyl adjacent to an activating group) is 1. The Labute approximate surface area is 177 Å². The van der Waals surface area contributed by atoms with Crippen LogP contribution in [0.1, 0.15) is 13.3 Å². The maximum atomic E-state index is 13.0. The fourth-order valence-corrected chi connectivity index (χ4v) is 4.84. The number of rotatable bonds is 10. The number of sulfonamides is 1. The van der Waals surface area contributed by atoms with Crippen LogP contribution in [-0.4, -0.2) is 87.4 Å². The third-order valence-electron chi connectivity index (χ3n) is 4.68. The van der Waals surface area contributed by atoms with Crippen molar-refractivity contribution in [2.45, 2.75) is 24.3 Å². The van der Waals surface area contributed by atoms with E-state index in [0.717, 1.165) is 0 Å². The predicted molar refractivity (Wildman–Crippen MR) is 115 cm³/mol. The molecule has 1 saturated heterocycles. The molecule has 0 saturated carbocycles. The number of nitrogens with one attached hydrogen (secondary N) is 2. The second-order valence-corrected chi connectivity index (χ2v) is 9.52. The zero-order valence-corrected chi connectivity index (χ0v) is 18.6. The van der Waals surface area contributed by atoms with Crippen molar-refractivity contribution in [1.82, 2.24) is 19.8 Å². The van der Waals surface area contributed by atoms with E-state index >= 15 is 0 Å². The summed E-state index contributed by atoms with van der Waals surface area (Å²) in [7, 11) is -3.78. The van der Waals surface area contributed by atoms with Crippen LogP contribution in [0.15, 0.2) is 35.2 Å². The van der Waals surface area contributed by atoms with Gasteiger partial charge in [-0.15, -0.1) is 0 Å². The quantitative estimate of drug-likeness (QED) is 0.543. The second-order valence-electron chi connectivity index (χ2n) is 6.82. The Morgan fingerprint density at radius 1 is 1.14 bits per heavy atom. The van der Waals surface area contributed by atoms with E-state index in [0.29, 0.717) is 51.4 Å². The topological polar surface area (TPSA) is 98.8 Å². The van der Waals surface area contributed by atoms with E-state index in [1.807, 2.05) is 18.1 Å². The minimum absolute atomic E-state index is 0.0271. The fourth-order valence-electron chi connectivity index (χ4n) is 3.13. The molecule has 162 valence electrons. The van der Waals surface area contributed by atoms with Crippen molar-refractivity contribution in [2.24, 2.45) is 0 Å². The van der Waals surface area contributed by atoms with Crippen LogP contribution in [0.3, 0.4) is 0 Å². The maximum absolute atomic E-state index is 13.0. The lowest BCUT2D eigenvalue weighted by Crippen LogP contribution is -2.56. The Morgan fingerprint density at radius 3 is 2.38 bits per heavy atom. The Balaban J connectivity index is 1.99. The number of hydrogen-bond acceptors (Lipinski definition) is 6. The van der Waals surface area contributed by atoms with Gasteiger partial charge in [0.2, 0.25) is 21.8 Å². The van der Waals surface area contributed by atoms with Crippen LogP contribution in [0.5, 0.6) is 0 Å². The molecule has 1 unspecified atom stereocenters. The highest BCUT2D eigenvalue weighted by Crippen LogP contribution is 2.13. The number of nitrogens with zero attached hydrogens (tertiary/aromatic N) is 2. The fraction of sp³-hybridized carbons (Fsp3) is 0.579. The first-order valence-corrected chi connectivity index (χ1v) is 12.6. The minimum Gasteiger partial charge on any atom is -0.355 e. The van der Waals surface area contributed by atoms with Crippen molar-refractivity contribution < 1.29 is 18.0 Å². The first kappa shape index (κ1) is 23.7. The molecule has 8 nitrogen and oxygen atoms in total. The van der Waals surface area contributed by atoms with Crippen LogP contribution in [-0.2, 0) is 19.6 Å². The van der Waals surface area contributed by atoms with Crippen LogP contribution < -0.4 is 10.0 Å². The van der Waals surface area contributed by atoms with E-state index in [1.165, 1.54) is 12.1 Å². The summed E-state index contributed by atoms with van der Waals surface area (Å²) in [5, 5.41) is 2.77. The molecule has 2 N–H and O–H groups in total. The van der Waals surface area contributed by atoms with E-state index in [-0.39, 0.29) is 16.7 Å². The standard InChI is InChI=1S/C19H30N4O4S2/c1-3-20-18(24)15-22-10-12-23(13-11-22)19(25)17(9-14-28-2)21-29(26,27)16-7-5-4-6-8-16/h4-8,17,21H,3,9-15H2,1-2H3,(H,20,24). The van der Waals surface area contributed by atoms with Gasteiger partial charge < -0.3 is 10.2 Å². The molecule has 1 aliphatic heterocycles. The van der Waals surface area contributed by atoms with Gasteiger partial charge in [-0.3, -0.25) is 14.5 Å². The molecule has 0 aromatic heterocycles. The molecule has 1 aromatic rings. The molecule has 1 heterocycles. The van der Waals surface area contributed by atoms with Crippen molar-refractivity contribution in [3.8, 4) is 0 Å². The molecule has 1 atom stereocenters. The van der Waals surface area contributed by atoms with E-state index in [2.05, 4.69) is 10.0 Å². The zero-order chi connectivity index (χ0) is 21.3. The molecule has 0 aliphatic carbocycles. The van der Waals surface area contributed by atoms with Crippen molar-refractivity contribution in [2.75, 3.05) is 51.3 Å². The van der Waals surface area contributed by atoms with Gasteiger partial charge in [-0.25, -0.2) is 8.42 Å². The monoisotopic (exact) mass is 442 g/mol. The predicted octanol–water partition coefficient (Wildman–Crippen LogP) is 0.367. The van der Waals surface area contributed by atoms with Crippen LogP contribution in [0, 0.1) is 0 Å². The first-order chi connectivity index (χ1) is 13.9. The number of hydrogen-bond donors (Lipinski definition) is 2. The summed E-state index contributed by atoms with van der Waals surface area (Å²) in [5.74, 6) is 0.433. The van der Waals surface area contributed by atoms with Gasteiger partial charge in [-0.2, -0.15) is 16.5 Å². The SMILES string of the molecule is CCNC(=O)CN1CCN(C(=O)C(CCSC)NS(=O)(=O)c2ccccc2)CC1. The summed E-state index contributed by atoms with van der Waals surface area (Å²) in [6, 6.07) is 7.28. The molecular weight excluding hydrogens is 412 g/mol. The second kappa shape index (κ2) is 11.5. The smallest absolute Gasteiger partial charge is 0.241 e. The van der Waals surface area contributed by atoms with E-state index in [1.54, 1.807) is 34.9 Å². The third-order valence-corrected chi connectivity index (χ3v) is 6.82. The summed E-state index contributed by atoms with van der Waals surface area (Å²) in [4.78, 5) is 28.6. The molecule has 1 aromatic carbocycles. The van der Waals surface area contributed by atoms with Crippen LogP contribution in [0.4, 0.5) is 0 Å². The lowest BCUT2D eigenvalue weighted by atomic mass is 10.2. The molecule has 0 spiro atoms. The van der Waals surface area contributed by atoms with Crippen LogP contribution in [0.25, 0.3) is 0 Å². The summed E-state index contributed by atoms with van der Waals surface area (Å²) in [6.07, 6.45) is 2.35. The maximum Gasteiger partial charge on any atom is 0.241 e. The van der Waals surface area contributed by atoms with Gasteiger partial charge in [0.1, 0.15) is 6.04 Å². The van der Waals surface area contributed by atoms with Gasteiger partial charge in [-0.05, 0) is 37.5 Å². The van der Waals surface area contributed by atoms with Crippen LogP contribution in [0.2, 0.25) is 0 Å². The summed E-state index contributed by atoms with van der Waals surface area (Å²) >= 11 is 1.57. The Bertz CT molecular complexity index is 766. The zero-order valence-electron chi connectivity index (χ0n) is 17.0. The average Bonchev–Trinajstić information content (AvgIpc) is 2.72. The number of carbonyl (C=O) groups excluding carboxylic acids is 2. The van der Waals surface area contributed by atoms with Gasteiger partial charge in [0.25, 0.3) is 0 Å². The van der Waals surface area contributed by atoms with E-state index in [9.17, 15) is 18.0 Å². The Morgan fingerprint density at radius 2 is 1.79 bits per heavy atom. The van der Waals surface area contributed by atoms with Gasteiger partial charge in [0.15, 0.2) is 0 Å². The third kappa shape index (κ3) is 7.29. The molecule has 2 rings (SSSR count).